The number of aryl methyl sites for hydroxylation is 2. The van der Waals surface area contributed by atoms with E-state index in [-0.39, 0.29) is 43.1 Å². The van der Waals surface area contributed by atoms with E-state index in [1.807, 2.05) is 49.9 Å². The number of likely N-dealkylation sites (N-methyl/N-ethyl adjacent to an activating group) is 1. The highest BCUT2D eigenvalue weighted by atomic mass is 19.1. The number of anilines is 1. The number of amides is 1. The van der Waals surface area contributed by atoms with Gasteiger partial charge in [-0.3, -0.25) is 14.5 Å². The summed E-state index contributed by atoms with van der Waals surface area (Å²) in [4.78, 5) is 30.4. The number of hydrogen-bond acceptors (Lipinski definition) is 7. The van der Waals surface area contributed by atoms with Crippen LogP contribution in [0.3, 0.4) is 0 Å². The van der Waals surface area contributed by atoms with E-state index in [2.05, 4.69) is 5.32 Å². The first-order chi connectivity index (χ1) is 21.6. The highest BCUT2D eigenvalue weighted by molar-refractivity contribution is 5.94. The summed E-state index contributed by atoms with van der Waals surface area (Å²) >= 11 is 0. The lowest BCUT2D eigenvalue weighted by molar-refractivity contribution is -0.143. The topological polar surface area (TPSA) is 101 Å². The van der Waals surface area contributed by atoms with E-state index < -0.39 is 29.7 Å². The molecule has 9 nitrogen and oxygen atoms in total. The number of rotatable bonds is 12. The van der Waals surface area contributed by atoms with E-state index in [9.17, 15) is 23.5 Å². The quantitative estimate of drug-likeness (QED) is 0.283. The largest absolute Gasteiger partial charge is 0.492 e. The predicted molar refractivity (Wildman–Crippen MR) is 165 cm³/mol. The molecular weight excluding hydrogens is 584 g/mol. The van der Waals surface area contributed by atoms with Crippen molar-refractivity contribution >= 4 is 17.6 Å². The number of aliphatic carboxylic acids is 1. The second kappa shape index (κ2) is 13.8. The molecule has 0 spiro atoms. The molecule has 2 aliphatic rings. The summed E-state index contributed by atoms with van der Waals surface area (Å²) < 4.78 is 45.7. The Kier molecular flexibility index (Phi) is 9.89. The highest BCUT2D eigenvalue weighted by Gasteiger charge is 2.48. The first-order valence-corrected chi connectivity index (χ1v) is 15.1. The van der Waals surface area contributed by atoms with Crippen molar-refractivity contribution in [2.24, 2.45) is 5.92 Å². The van der Waals surface area contributed by atoms with Crippen molar-refractivity contribution < 1.29 is 37.7 Å². The number of halogens is 2. The minimum absolute atomic E-state index is 0.000911. The number of ether oxygens (including phenoxy) is 3. The van der Waals surface area contributed by atoms with Gasteiger partial charge in [0.25, 0.3) is 0 Å². The Morgan fingerprint density at radius 3 is 2.33 bits per heavy atom. The first-order valence-electron chi connectivity index (χ1n) is 15.1. The van der Waals surface area contributed by atoms with Gasteiger partial charge in [-0.25, -0.2) is 8.78 Å². The van der Waals surface area contributed by atoms with E-state index in [0.29, 0.717) is 53.1 Å². The fourth-order valence-electron chi connectivity index (χ4n) is 6.24. The number of nitrogens with one attached hydrogen (secondary N) is 1. The Hall–Kier alpha value is -4.22. The van der Waals surface area contributed by atoms with Crippen LogP contribution < -0.4 is 19.5 Å². The number of benzene rings is 3. The standard InChI is InChI=1S/C34H39F2N3O6/c1-5-20-13-24(35)14-21(6-2)31(20)37-29(40)18-39-17-26(23-15-27(36)33-28(16-23)44-19-45-33)30(34(41)42)32(39)22-7-9-25(10-8-22)43-12-11-38(3)4/h7-10,13-16,26,30,32H,5-6,11-12,17-19H2,1-4H3,(H,37,40)(H,41,42)/t26-,30?,32+/m1/s1. The number of carbonyl (C=O) groups excluding carboxylic acids is 1. The summed E-state index contributed by atoms with van der Waals surface area (Å²) in [6, 6.07) is 12.2. The Balaban J connectivity index is 1.48. The second-order valence-electron chi connectivity index (χ2n) is 11.7. The smallest absolute Gasteiger partial charge is 0.309 e. The number of carbonyl (C=O) groups is 2. The lowest BCUT2D eigenvalue weighted by atomic mass is 9.82. The lowest BCUT2D eigenvalue weighted by Gasteiger charge is -2.27. The molecule has 2 aliphatic heterocycles. The molecule has 0 aromatic heterocycles. The van der Waals surface area contributed by atoms with Gasteiger partial charge in [-0.05, 0) is 85.6 Å². The molecule has 0 bridgehead atoms. The molecule has 3 aromatic carbocycles. The van der Waals surface area contributed by atoms with Crippen molar-refractivity contribution in [3.8, 4) is 17.2 Å². The Morgan fingerprint density at radius 1 is 1.02 bits per heavy atom. The maximum atomic E-state index is 15.0. The second-order valence-corrected chi connectivity index (χ2v) is 11.7. The lowest BCUT2D eigenvalue weighted by Crippen LogP contribution is -2.35. The monoisotopic (exact) mass is 623 g/mol. The fraction of sp³-hybridized carbons (Fsp3) is 0.412. The van der Waals surface area contributed by atoms with Gasteiger partial charge in [0.1, 0.15) is 18.2 Å². The predicted octanol–water partition coefficient (Wildman–Crippen LogP) is 5.24. The molecule has 0 saturated carbocycles. The fourth-order valence-corrected chi connectivity index (χ4v) is 6.24. The summed E-state index contributed by atoms with van der Waals surface area (Å²) in [7, 11) is 3.90. The van der Waals surface area contributed by atoms with Crippen LogP contribution in [0, 0.1) is 17.6 Å². The summed E-state index contributed by atoms with van der Waals surface area (Å²) in [5.74, 6) is -3.25. The summed E-state index contributed by atoms with van der Waals surface area (Å²) in [5.41, 5.74) is 3.07. The molecule has 5 rings (SSSR count). The van der Waals surface area contributed by atoms with Crippen LogP contribution in [-0.2, 0) is 22.4 Å². The third kappa shape index (κ3) is 7.04. The molecule has 45 heavy (non-hydrogen) atoms. The number of fused-ring (bicyclic) bond motifs is 1. The van der Waals surface area contributed by atoms with Crippen molar-refractivity contribution in [3.05, 3.63) is 82.4 Å². The molecule has 0 radical (unpaired) electrons. The van der Waals surface area contributed by atoms with Crippen molar-refractivity contribution in [1.82, 2.24) is 9.80 Å². The molecule has 1 amide bonds. The van der Waals surface area contributed by atoms with Crippen LogP contribution in [0.2, 0.25) is 0 Å². The van der Waals surface area contributed by atoms with E-state index in [1.54, 1.807) is 18.2 Å². The summed E-state index contributed by atoms with van der Waals surface area (Å²) in [5, 5.41) is 13.5. The van der Waals surface area contributed by atoms with E-state index >= 15 is 0 Å². The minimum atomic E-state index is -1.07. The van der Waals surface area contributed by atoms with Crippen molar-refractivity contribution in [2.45, 2.75) is 38.6 Å². The zero-order valence-electron chi connectivity index (χ0n) is 25.9. The highest BCUT2D eigenvalue weighted by Crippen LogP contribution is 2.48. The molecule has 11 heteroatoms. The minimum Gasteiger partial charge on any atom is -0.492 e. The van der Waals surface area contributed by atoms with Gasteiger partial charge in [0, 0.05) is 30.7 Å². The van der Waals surface area contributed by atoms with Crippen LogP contribution in [0.1, 0.15) is 48.1 Å². The van der Waals surface area contributed by atoms with Crippen molar-refractivity contribution in [3.63, 3.8) is 0 Å². The summed E-state index contributed by atoms with van der Waals surface area (Å²) in [6.45, 7) is 4.91. The van der Waals surface area contributed by atoms with Crippen LogP contribution in [0.5, 0.6) is 17.2 Å². The SMILES string of the molecule is CCc1cc(F)cc(CC)c1NC(=O)CN1C[C@H](c2cc(F)c3c(c2)OCO3)C(C(=O)O)[C@@H]1c1ccc(OCCN(C)C)cc1. The molecule has 2 N–H and O–H groups in total. The normalized spacial score (nSPS) is 19.2. The number of carboxylic acids is 1. The van der Waals surface area contributed by atoms with Crippen LogP contribution >= 0.6 is 0 Å². The van der Waals surface area contributed by atoms with Gasteiger partial charge < -0.3 is 29.5 Å². The van der Waals surface area contributed by atoms with Crippen LogP contribution in [0.4, 0.5) is 14.5 Å². The van der Waals surface area contributed by atoms with E-state index in [0.717, 1.165) is 6.54 Å². The maximum Gasteiger partial charge on any atom is 0.309 e. The van der Waals surface area contributed by atoms with Crippen molar-refractivity contribution in [2.75, 3.05) is 52.4 Å². The average Bonchev–Trinajstić information content (AvgIpc) is 3.63. The van der Waals surface area contributed by atoms with E-state index in [1.165, 1.54) is 18.2 Å². The van der Waals surface area contributed by atoms with Gasteiger partial charge in [-0.15, -0.1) is 0 Å². The third-order valence-corrected chi connectivity index (χ3v) is 8.43. The molecule has 1 saturated heterocycles. The molecule has 0 aliphatic carbocycles. The van der Waals surface area contributed by atoms with E-state index in [4.69, 9.17) is 14.2 Å². The number of hydrogen-bond donors (Lipinski definition) is 2. The Morgan fingerprint density at radius 2 is 1.71 bits per heavy atom. The Labute approximate surface area is 261 Å². The van der Waals surface area contributed by atoms with Crippen LogP contribution in [0.15, 0.2) is 48.5 Å². The average molecular weight is 624 g/mol. The molecular formula is C34H39F2N3O6. The van der Waals surface area contributed by atoms with Crippen LogP contribution in [0.25, 0.3) is 0 Å². The molecule has 1 fully saturated rings. The Bertz CT molecular complexity index is 1520. The zero-order chi connectivity index (χ0) is 32.2. The number of nitrogens with zero attached hydrogens (tertiary/aromatic N) is 2. The van der Waals surface area contributed by atoms with Gasteiger partial charge in [-0.1, -0.05) is 26.0 Å². The maximum absolute atomic E-state index is 15.0. The molecule has 3 atom stereocenters. The van der Waals surface area contributed by atoms with Gasteiger partial charge in [0.05, 0.1) is 12.5 Å². The van der Waals surface area contributed by atoms with Crippen LogP contribution in [-0.4, -0.2) is 73.9 Å². The molecule has 1 unspecified atom stereocenters. The summed E-state index contributed by atoms with van der Waals surface area (Å²) in [6.07, 6.45) is 1.04. The van der Waals surface area contributed by atoms with Crippen molar-refractivity contribution in [1.29, 1.82) is 0 Å². The molecule has 240 valence electrons. The zero-order valence-corrected chi connectivity index (χ0v) is 25.9. The first kappa shape index (κ1) is 32.2. The van der Waals surface area contributed by atoms with Gasteiger partial charge >= 0.3 is 5.97 Å². The van der Waals surface area contributed by atoms with Gasteiger partial charge in [0.15, 0.2) is 11.6 Å². The molecule has 2 heterocycles. The number of carboxylic acid groups (broad SMARTS) is 1. The third-order valence-electron chi connectivity index (χ3n) is 8.43. The number of likely N-dealkylation sites (tertiary alicyclic amines) is 1. The van der Waals surface area contributed by atoms with Gasteiger partial charge in [-0.2, -0.15) is 0 Å². The molecule has 3 aromatic rings. The van der Waals surface area contributed by atoms with Gasteiger partial charge in [0.2, 0.25) is 18.4 Å².